The Morgan fingerprint density at radius 3 is 2.59 bits per heavy atom. The Labute approximate surface area is 132 Å². The zero-order chi connectivity index (χ0) is 15.2. The van der Waals surface area contributed by atoms with Crippen molar-refractivity contribution in [2.24, 2.45) is 11.7 Å². The Morgan fingerprint density at radius 1 is 1.14 bits per heavy atom. The molecule has 3 rings (SSSR count). The smallest absolute Gasteiger partial charge is 0.0846 e. The van der Waals surface area contributed by atoms with E-state index in [1.54, 1.807) is 0 Å². The molecule has 22 heavy (non-hydrogen) atoms. The summed E-state index contributed by atoms with van der Waals surface area (Å²) in [6.45, 7) is 0.968. The molecule has 0 aliphatic heterocycles. The molecule has 0 saturated carbocycles. The van der Waals surface area contributed by atoms with Gasteiger partial charge in [-0.2, -0.15) is 0 Å². The zero-order valence-electron chi connectivity index (χ0n) is 12.9. The van der Waals surface area contributed by atoms with Gasteiger partial charge in [0.15, 0.2) is 0 Å². The van der Waals surface area contributed by atoms with Crippen LogP contribution in [0.15, 0.2) is 48.7 Å². The van der Waals surface area contributed by atoms with Crippen molar-refractivity contribution >= 4 is 0 Å². The second-order valence-corrected chi connectivity index (χ2v) is 6.15. The minimum atomic E-state index is -0.0200. The van der Waals surface area contributed by atoms with Crippen molar-refractivity contribution in [3.63, 3.8) is 0 Å². The maximum Gasteiger partial charge on any atom is 0.0846 e. The summed E-state index contributed by atoms with van der Waals surface area (Å²) in [5.74, 6) is 0.701. The highest BCUT2D eigenvalue weighted by molar-refractivity contribution is 5.19. The number of nitrogens with two attached hydrogens (primary N) is 1. The molecule has 1 aromatic carbocycles. The summed E-state index contributed by atoms with van der Waals surface area (Å²) in [5.41, 5.74) is 8.38. The Hall–Kier alpha value is -1.94. The van der Waals surface area contributed by atoms with Crippen LogP contribution in [0.2, 0.25) is 0 Å². The number of benzene rings is 1. The molecule has 0 spiro atoms. The van der Waals surface area contributed by atoms with Gasteiger partial charge >= 0.3 is 0 Å². The maximum atomic E-state index is 6.26. The molecule has 0 amide bonds. The molecule has 0 fully saturated rings. The van der Waals surface area contributed by atoms with Gasteiger partial charge in [0, 0.05) is 25.2 Å². The van der Waals surface area contributed by atoms with Crippen molar-refractivity contribution in [1.29, 1.82) is 0 Å². The van der Waals surface area contributed by atoms with Crippen molar-refractivity contribution in [3.8, 4) is 0 Å². The minimum Gasteiger partial charge on any atom is -0.324 e. The SMILES string of the molecule is NC(Cc1cn(CC2CCC=CCC2)nn1)c1ccccc1. The molecular formula is C18H24N4. The van der Waals surface area contributed by atoms with Gasteiger partial charge in [0.05, 0.1) is 5.69 Å². The Bertz CT molecular complexity index is 593. The lowest BCUT2D eigenvalue weighted by Crippen LogP contribution is -2.13. The van der Waals surface area contributed by atoms with Crippen LogP contribution < -0.4 is 5.73 Å². The van der Waals surface area contributed by atoms with Crippen molar-refractivity contribution in [3.05, 3.63) is 59.9 Å². The number of rotatable bonds is 5. The van der Waals surface area contributed by atoms with E-state index < -0.39 is 0 Å². The van der Waals surface area contributed by atoms with Gasteiger partial charge < -0.3 is 5.73 Å². The van der Waals surface area contributed by atoms with Crippen LogP contribution in [0.4, 0.5) is 0 Å². The molecule has 1 aromatic heterocycles. The average molecular weight is 296 g/mol. The summed E-state index contributed by atoms with van der Waals surface area (Å²) < 4.78 is 1.99. The molecule has 4 nitrogen and oxygen atoms in total. The number of allylic oxidation sites excluding steroid dienone is 2. The molecule has 1 aliphatic rings. The second kappa shape index (κ2) is 7.36. The van der Waals surface area contributed by atoms with Crippen molar-refractivity contribution in [1.82, 2.24) is 15.0 Å². The lowest BCUT2D eigenvalue weighted by Gasteiger charge is -2.13. The van der Waals surface area contributed by atoms with Crippen LogP contribution in [0.25, 0.3) is 0 Å². The summed E-state index contributed by atoms with van der Waals surface area (Å²) in [5, 5.41) is 8.57. The van der Waals surface area contributed by atoms with Crippen LogP contribution in [0, 0.1) is 5.92 Å². The van der Waals surface area contributed by atoms with E-state index in [4.69, 9.17) is 5.73 Å². The fourth-order valence-corrected chi connectivity index (χ4v) is 3.06. The summed E-state index contributed by atoms with van der Waals surface area (Å²) in [7, 11) is 0. The highest BCUT2D eigenvalue weighted by atomic mass is 15.4. The molecule has 1 unspecified atom stereocenters. The van der Waals surface area contributed by atoms with Gasteiger partial charge in [-0.1, -0.05) is 47.7 Å². The van der Waals surface area contributed by atoms with E-state index in [0.717, 1.165) is 24.2 Å². The predicted octanol–water partition coefficient (Wildman–Crippen LogP) is 3.27. The van der Waals surface area contributed by atoms with Crippen LogP contribution in [0.5, 0.6) is 0 Å². The van der Waals surface area contributed by atoms with E-state index in [9.17, 15) is 0 Å². The predicted molar refractivity (Wildman–Crippen MR) is 88.2 cm³/mol. The molecule has 1 atom stereocenters. The fraction of sp³-hybridized carbons (Fsp3) is 0.444. The van der Waals surface area contributed by atoms with E-state index in [-0.39, 0.29) is 6.04 Å². The molecule has 0 radical (unpaired) electrons. The van der Waals surface area contributed by atoms with Crippen LogP contribution in [-0.4, -0.2) is 15.0 Å². The van der Waals surface area contributed by atoms with Crippen LogP contribution >= 0.6 is 0 Å². The van der Waals surface area contributed by atoms with Gasteiger partial charge in [0.1, 0.15) is 0 Å². The number of hydrogen-bond acceptors (Lipinski definition) is 3. The van der Waals surface area contributed by atoms with E-state index in [2.05, 4.69) is 40.8 Å². The molecule has 0 saturated heterocycles. The Balaban J connectivity index is 1.57. The van der Waals surface area contributed by atoms with Crippen LogP contribution in [0.1, 0.15) is 43.0 Å². The maximum absolute atomic E-state index is 6.26. The van der Waals surface area contributed by atoms with Crippen molar-refractivity contribution in [2.75, 3.05) is 0 Å². The third-order valence-corrected chi connectivity index (χ3v) is 4.34. The summed E-state index contributed by atoms with van der Waals surface area (Å²) in [6, 6.07) is 10.2. The van der Waals surface area contributed by atoms with Gasteiger partial charge in [0.2, 0.25) is 0 Å². The van der Waals surface area contributed by atoms with E-state index >= 15 is 0 Å². The summed E-state index contributed by atoms with van der Waals surface area (Å²) in [4.78, 5) is 0. The van der Waals surface area contributed by atoms with Gasteiger partial charge in [-0.3, -0.25) is 4.68 Å². The first-order chi connectivity index (χ1) is 10.8. The summed E-state index contributed by atoms with van der Waals surface area (Å²) in [6.07, 6.45) is 12.2. The lowest BCUT2D eigenvalue weighted by atomic mass is 10.0. The van der Waals surface area contributed by atoms with Gasteiger partial charge in [-0.25, -0.2) is 0 Å². The summed E-state index contributed by atoms with van der Waals surface area (Å²) >= 11 is 0. The topological polar surface area (TPSA) is 56.7 Å². The first-order valence-corrected chi connectivity index (χ1v) is 8.16. The first-order valence-electron chi connectivity index (χ1n) is 8.16. The molecule has 1 aliphatic carbocycles. The molecular weight excluding hydrogens is 272 g/mol. The molecule has 2 aromatic rings. The van der Waals surface area contributed by atoms with E-state index in [1.807, 2.05) is 22.9 Å². The van der Waals surface area contributed by atoms with E-state index in [0.29, 0.717) is 5.92 Å². The average Bonchev–Trinajstić information content (AvgIpc) is 2.81. The van der Waals surface area contributed by atoms with Gasteiger partial charge in [0.25, 0.3) is 0 Å². The third-order valence-electron chi connectivity index (χ3n) is 4.34. The molecule has 2 N–H and O–H groups in total. The molecule has 1 heterocycles. The van der Waals surface area contributed by atoms with Crippen molar-refractivity contribution in [2.45, 2.75) is 44.7 Å². The third kappa shape index (κ3) is 4.04. The zero-order valence-corrected chi connectivity index (χ0v) is 12.9. The molecule has 0 bridgehead atoms. The standard InChI is InChI=1S/C18H24N4/c19-18(16-10-6-3-7-11-16)12-17-14-22(21-20-17)13-15-8-4-1-2-5-9-15/h1-3,6-7,10-11,14-15,18H,4-5,8-9,12-13,19H2. The normalized spacial score (nSPS) is 17.3. The molecule has 116 valence electrons. The molecule has 4 heteroatoms. The fourth-order valence-electron chi connectivity index (χ4n) is 3.06. The van der Waals surface area contributed by atoms with Gasteiger partial charge in [-0.15, -0.1) is 5.10 Å². The Morgan fingerprint density at radius 2 is 1.86 bits per heavy atom. The number of nitrogens with zero attached hydrogens (tertiary/aromatic N) is 3. The van der Waals surface area contributed by atoms with E-state index in [1.165, 1.54) is 25.7 Å². The largest absolute Gasteiger partial charge is 0.324 e. The van der Waals surface area contributed by atoms with Crippen LogP contribution in [-0.2, 0) is 13.0 Å². The minimum absolute atomic E-state index is 0.0200. The Kier molecular flexibility index (Phi) is 5.01. The van der Waals surface area contributed by atoms with Gasteiger partial charge in [-0.05, 0) is 37.2 Å². The van der Waals surface area contributed by atoms with Crippen molar-refractivity contribution < 1.29 is 0 Å². The second-order valence-electron chi connectivity index (χ2n) is 6.15. The number of hydrogen-bond donors (Lipinski definition) is 1. The van der Waals surface area contributed by atoms with Crippen LogP contribution in [0.3, 0.4) is 0 Å². The first kappa shape index (κ1) is 15.0. The highest BCUT2D eigenvalue weighted by Crippen LogP contribution is 2.20. The quantitative estimate of drug-likeness (QED) is 0.862. The lowest BCUT2D eigenvalue weighted by molar-refractivity contribution is 0.375. The monoisotopic (exact) mass is 296 g/mol. The highest BCUT2D eigenvalue weighted by Gasteiger charge is 2.13. The number of aromatic nitrogens is 3.